The van der Waals surface area contributed by atoms with E-state index in [1.165, 1.54) is 13.8 Å². The molecule has 0 aliphatic rings. The molecule has 0 bridgehead atoms. The van der Waals surface area contributed by atoms with Crippen LogP contribution >= 0.6 is 23.4 Å². The molecule has 1 N–H and O–H groups in total. The van der Waals surface area contributed by atoms with Crippen molar-refractivity contribution in [2.45, 2.75) is 20.0 Å². The summed E-state index contributed by atoms with van der Waals surface area (Å²) < 4.78 is 4.87. The van der Waals surface area contributed by atoms with Crippen LogP contribution in [0.3, 0.4) is 0 Å². The quantitative estimate of drug-likeness (QED) is 0.778. The van der Waals surface area contributed by atoms with Crippen molar-refractivity contribution < 1.29 is 19.1 Å². The fourth-order valence-corrected chi connectivity index (χ4v) is 1.99. The minimum atomic E-state index is -0.749. The Balaban J connectivity index is 2.26. The van der Waals surface area contributed by atoms with E-state index in [9.17, 15) is 14.4 Å². The van der Waals surface area contributed by atoms with Crippen molar-refractivity contribution in [1.29, 1.82) is 0 Å². The number of ether oxygens (including phenoxy) is 1. The Bertz CT molecular complexity index is 518. The smallest absolute Gasteiger partial charge is 0.316 e. The summed E-state index contributed by atoms with van der Waals surface area (Å²) in [6, 6.07) is 6.72. The molecule has 0 spiro atoms. The molecule has 5 nitrogen and oxygen atoms in total. The number of hydrogen-bond acceptors (Lipinski definition) is 5. The van der Waals surface area contributed by atoms with Crippen LogP contribution in [0.1, 0.15) is 13.8 Å². The molecule has 0 fully saturated rings. The molecule has 0 saturated heterocycles. The van der Waals surface area contributed by atoms with E-state index in [1.54, 1.807) is 24.3 Å². The summed E-state index contributed by atoms with van der Waals surface area (Å²) in [5.41, 5.74) is 0.637. The molecule has 0 unspecified atom stereocenters. The second-order valence-electron chi connectivity index (χ2n) is 4.29. The van der Waals surface area contributed by atoms with E-state index in [2.05, 4.69) is 5.32 Å². The Morgan fingerprint density at radius 1 is 1.24 bits per heavy atom. The average molecular weight is 330 g/mol. The van der Waals surface area contributed by atoms with Gasteiger partial charge in [0.05, 0.1) is 11.5 Å². The lowest BCUT2D eigenvalue weighted by Crippen LogP contribution is -2.23. The van der Waals surface area contributed by atoms with E-state index in [4.69, 9.17) is 16.3 Å². The number of nitrogens with one attached hydrogen (secondary N) is 1. The van der Waals surface area contributed by atoms with Crippen LogP contribution in [0.4, 0.5) is 5.69 Å². The number of carbonyl (C=O) groups is 3. The van der Waals surface area contributed by atoms with Gasteiger partial charge < -0.3 is 10.1 Å². The number of thioether (sulfide) groups is 1. The SMILES string of the molecule is CC(=O)[C@H](C)OC(=O)CSCC(=O)Nc1ccc(Cl)cc1. The van der Waals surface area contributed by atoms with Crippen LogP contribution in [0.2, 0.25) is 5.02 Å². The molecule has 0 aliphatic heterocycles. The molecule has 0 heterocycles. The fourth-order valence-electron chi connectivity index (χ4n) is 1.27. The normalized spacial score (nSPS) is 11.6. The minimum absolute atomic E-state index is 0.0195. The van der Waals surface area contributed by atoms with Crippen molar-refractivity contribution in [1.82, 2.24) is 0 Å². The molecule has 114 valence electrons. The lowest BCUT2D eigenvalue weighted by Gasteiger charge is -2.09. The molecule has 7 heteroatoms. The summed E-state index contributed by atoms with van der Waals surface area (Å²) in [5, 5.41) is 3.26. The molecule has 21 heavy (non-hydrogen) atoms. The summed E-state index contributed by atoms with van der Waals surface area (Å²) in [7, 11) is 0. The van der Waals surface area contributed by atoms with Gasteiger partial charge in [-0.05, 0) is 38.1 Å². The van der Waals surface area contributed by atoms with Crippen molar-refractivity contribution in [3.05, 3.63) is 29.3 Å². The summed E-state index contributed by atoms with van der Waals surface area (Å²) in [6.07, 6.45) is -0.749. The van der Waals surface area contributed by atoms with Crippen molar-refractivity contribution in [3.63, 3.8) is 0 Å². The maximum absolute atomic E-state index is 11.6. The third-order valence-electron chi connectivity index (χ3n) is 2.46. The number of esters is 1. The van der Waals surface area contributed by atoms with Gasteiger partial charge in [0.25, 0.3) is 0 Å². The Labute approximate surface area is 132 Å². The van der Waals surface area contributed by atoms with E-state index in [0.29, 0.717) is 10.7 Å². The van der Waals surface area contributed by atoms with E-state index in [1.807, 2.05) is 0 Å². The Kier molecular flexibility index (Phi) is 7.25. The molecule has 1 atom stereocenters. The van der Waals surface area contributed by atoms with Crippen LogP contribution in [-0.2, 0) is 19.1 Å². The van der Waals surface area contributed by atoms with Crippen LogP contribution < -0.4 is 5.32 Å². The molecule has 1 rings (SSSR count). The zero-order valence-electron chi connectivity index (χ0n) is 11.7. The first-order valence-electron chi connectivity index (χ1n) is 6.21. The van der Waals surface area contributed by atoms with Crippen molar-refractivity contribution >= 4 is 46.7 Å². The highest BCUT2D eigenvalue weighted by molar-refractivity contribution is 8.00. The van der Waals surface area contributed by atoms with Gasteiger partial charge in [0.15, 0.2) is 11.9 Å². The molecule has 0 aliphatic carbocycles. The lowest BCUT2D eigenvalue weighted by molar-refractivity contribution is -0.150. The standard InChI is InChI=1S/C14H16ClNO4S/c1-9(17)10(2)20-14(19)8-21-7-13(18)16-12-5-3-11(15)4-6-12/h3-6,10H,7-8H2,1-2H3,(H,16,18)/t10-/m0/s1. The van der Waals surface area contributed by atoms with Gasteiger partial charge in [-0.25, -0.2) is 0 Å². The number of amides is 1. The Hall–Kier alpha value is -1.53. The second-order valence-corrected chi connectivity index (χ2v) is 5.71. The predicted molar refractivity (Wildman–Crippen MR) is 83.6 cm³/mol. The zero-order valence-corrected chi connectivity index (χ0v) is 13.3. The van der Waals surface area contributed by atoms with E-state index in [0.717, 1.165) is 11.8 Å². The highest BCUT2D eigenvalue weighted by atomic mass is 35.5. The first-order valence-corrected chi connectivity index (χ1v) is 7.75. The third-order valence-corrected chi connectivity index (χ3v) is 3.62. The first-order chi connectivity index (χ1) is 9.88. The van der Waals surface area contributed by atoms with Crippen LogP contribution in [0.25, 0.3) is 0 Å². The number of hydrogen-bond donors (Lipinski definition) is 1. The van der Waals surface area contributed by atoms with Crippen molar-refractivity contribution in [3.8, 4) is 0 Å². The molecule has 1 aromatic carbocycles. The number of Topliss-reactive ketones (excluding diaryl/α,β-unsaturated/α-hetero) is 1. The van der Waals surface area contributed by atoms with Crippen LogP contribution in [-0.4, -0.2) is 35.3 Å². The van der Waals surface area contributed by atoms with Crippen molar-refractivity contribution in [2.75, 3.05) is 16.8 Å². The van der Waals surface area contributed by atoms with Gasteiger partial charge in [-0.3, -0.25) is 14.4 Å². The molecule has 1 aromatic rings. The summed E-state index contributed by atoms with van der Waals surface area (Å²) in [4.78, 5) is 34.0. The van der Waals surface area contributed by atoms with Crippen LogP contribution in [0.5, 0.6) is 0 Å². The Morgan fingerprint density at radius 2 is 1.86 bits per heavy atom. The lowest BCUT2D eigenvalue weighted by atomic mass is 10.3. The topological polar surface area (TPSA) is 72.5 Å². The number of rotatable bonds is 7. The average Bonchev–Trinajstić information content (AvgIpc) is 2.41. The minimum Gasteiger partial charge on any atom is -0.454 e. The van der Waals surface area contributed by atoms with E-state index >= 15 is 0 Å². The molecular weight excluding hydrogens is 314 g/mol. The van der Waals surface area contributed by atoms with Gasteiger partial charge in [0.2, 0.25) is 5.91 Å². The van der Waals surface area contributed by atoms with Crippen LogP contribution in [0.15, 0.2) is 24.3 Å². The van der Waals surface area contributed by atoms with Gasteiger partial charge in [-0.15, -0.1) is 11.8 Å². The van der Waals surface area contributed by atoms with E-state index < -0.39 is 12.1 Å². The third kappa shape index (κ3) is 7.15. The zero-order chi connectivity index (χ0) is 15.8. The molecular formula is C14H16ClNO4S. The summed E-state index contributed by atoms with van der Waals surface area (Å²) >= 11 is 6.86. The summed E-state index contributed by atoms with van der Waals surface area (Å²) in [5.74, 6) is -0.816. The summed E-state index contributed by atoms with van der Waals surface area (Å²) in [6.45, 7) is 2.86. The monoisotopic (exact) mass is 329 g/mol. The number of carbonyl (C=O) groups excluding carboxylic acids is 3. The van der Waals surface area contributed by atoms with Gasteiger partial charge in [-0.1, -0.05) is 11.6 Å². The van der Waals surface area contributed by atoms with Crippen molar-refractivity contribution in [2.24, 2.45) is 0 Å². The second kappa shape index (κ2) is 8.69. The Morgan fingerprint density at radius 3 is 2.43 bits per heavy atom. The maximum Gasteiger partial charge on any atom is 0.316 e. The van der Waals surface area contributed by atoms with Gasteiger partial charge in [-0.2, -0.15) is 0 Å². The highest BCUT2D eigenvalue weighted by Crippen LogP contribution is 2.14. The predicted octanol–water partition coefficient (Wildman–Crippen LogP) is 2.53. The number of benzene rings is 1. The maximum atomic E-state index is 11.6. The first kappa shape index (κ1) is 17.5. The van der Waals surface area contributed by atoms with Gasteiger partial charge in [0.1, 0.15) is 0 Å². The highest BCUT2D eigenvalue weighted by Gasteiger charge is 2.14. The van der Waals surface area contributed by atoms with E-state index in [-0.39, 0.29) is 23.2 Å². The van der Waals surface area contributed by atoms with Gasteiger partial charge >= 0.3 is 5.97 Å². The molecule has 0 saturated carbocycles. The molecule has 0 radical (unpaired) electrons. The molecule has 0 aromatic heterocycles. The number of halogens is 1. The largest absolute Gasteiger partial charge is 0.454 e. The number of ketones is 1. The van der Waals surface area contributed by atoms with Gasteiger partial charge in [0, 0.05) is 10.7 Å². The fraction of sp³-hybridized carbons (Fsp3) is 0.357. The van der Waals surface area contributed by atoms with Crippen LogP contribution in [0, 0.1) is 0 Å². The number of anilines is 1. The molecule has 1 amide bonds.